The molecule has 0 rings (SSSR count). The molecule has 6 heteroatoms. The van der Waals surface area contributed by atoms with Crippen LogP contribution >= 0.6 is 0 Å². The van der Waals surface area contributed by atoms with Gasteiger partial charge >= 0.3 is 0 Å². The van der Waals surface area contributed by atoms with Gasteiger partial charge in [-0.1, -0.05) is 217 Å². The molecule has 0 heterocycles. The van der Waals surface area contributed by atoms with Crippen molar-refractivity contribution in [1.82, 2.24) is 5.32 Å². The predicted octanol–water partition coefficient (Wildman–Crippen LogP) is 14.6. The molecule has 0 aliphatic carbocycles. The quantitative estimate of drug-likeness (QED) is 0.0310. The third kappa shape index (κ3) is 41.6. The van der Waals surface area contributed by atoms with Gasteiger partial charge in [-0.2, -0.15) is 0 Å². The molecular weight excluding hydrogens is 743 g/mol. The van der Waals surface area contributed by atoms with E-state index in [1.807, 2.05) is 0 Å². The van der Waals surface area contributed by atoms with E-state index in [0.717, 1.165) is 51.4 Å². The van der Waals surface area contributed by atoms with E-state index in [1.165, 1.54) is 173 Å². The molecule has 4 atom stereocenters. The summed E-state index contributed by atoms with van der Waals surface area (Å²) in [7, 11) is 0. The van der Waals surface area contributed by atoms with Gasteiger partial charge in [-0.25, -0.2) is 0 Å². The summed E-state index contributed by atoms with van der Waals surface area (Å²) in [4.78, 5) is 12.6. The van der Waals surface area contributed by atoms with Gasteiger partial charge in [0.25, 0.3) is 0 Å². The predicted molar refractivity (Wildman–Crippen MR) is 260 cm³/mol. The molecule has 0 aromatic carbocycles. The largest absolute Gasteiger partial charge is 0.394 e. The second-order valence-corrected chi connectivity index (χ2v) is 17.8. The van der Waals surface area contributed by atoms with Gasteiger partial charge in [0.1, 0.15) is 12.2 Å². The molecule has 1 amide bonds. The molecule has 0 radical (unpaired) electrons. The lowest BCUT2D eigenvalue weighted by Crippen LogP contribution is -2.53. The van der Waals surface area contributed by atoms with Crippen molar-refractivity contribution < 1.29 is 25.2 Å². The first-order valence-electron chi connectivity index (χ1n) is 26.0. The zero-order valence-corrected chi connectivity index (χ0v) is 39.7. The first-order valence-corrected chi connectivity index (χ1v) is 26.0. The molecule has 352 valence electrons. The van der Waals surface area contributed by atoms with Crippen LogP contribution in [0, 0.1) is 0 Å². The standard InChI is InChI=1S/C54H101NO5/c1-3-5-7-9-11-13-15-17-19-21-23-25-26-27-28-30-32-34-36-38-40-42-44-46-48-52(58)54(60)55-50(49-56)53(59)51(57)47-45-43-41-39-37-35-33-31-29-24-22-20-18-16-14-12-10-8-6-4-2/h20,22,27-28,31,33,39,41,50-53,56-59H,3-19,21,23-26,29-30,32,34-38,40,42-49H2,1-2H3,(H,55,60)/b22-20+,28-27-,33-31+,41-39+. The van der Waals surface area contributed by atoms with Crippen molar-refractivity contribution in [3.05, 3.63) is 48.6 Å². The zero-order chi connectivity index (χ0) is 43.8. The van der Waals surface area contributed by atoms with Crippen molar-refractivity contribution in [2.45, 2.75) is 282 Å². The Kier molecular flexibility index (Phi) is 46.9. The van der Waals surface area contributed by atoms with Crippen LogP contribution in [0.15, 0.2) is 48.6 Å². The summed E-state index contributed by atoms with van der Waals surface area (Å²) in [5.41, 5.74) is 0. The normalized spacial score (nSPS) is 14.3. The molecule has 5 N–H and O–H groups in total. The monoisotopic (exact) mass is 844 g/mol. The van der Waals surface area contributed by atoms with Crippen LogP contribution in [0.4, 0.5) is 0 Å². The van der Waals surface area contributed by atoms with Crippen molar-refractivity contribution in [3.63, 3.8) is 0 Å². The minimum Gasteiger partial charge on any atom is -0.394 e. The lowest BCUT2D eigenvalue weighted by atomic mass is 10.00. The number of allylic oxidation sites excluding steroid dienone is 8. The molecule has 0 saturated carbocycles. The second kappa shape index (κ2) is 48.3. The van der Waals surface area contributed by atoms with E-state index >= 15 is 0 Å². The summed E-state index contributed by atoms with van der Waals surface area (Å²) in [5.74, 6) is -0.601. The van der Waals surface area contributed by atoms with Crippen LogP contribution in [0.5, 0.6) is 0 Å². The molecule has 0 aromatic rings. The fourth-order valence-electron chi connectivity index (χ4n) is 7.84. The van der Waals surface area contributed by atoms with Crippen molar-refractivity contribution in [1.29, 1.82) is 0 Å². The Hall–Kier alpha value is -1.73. The number of aliphatic hydroxyl groups is 4. The van der Waals surface area contributed by atoms with E-state index in [4.69, 9.17) is 0 Å². The van der Waals surface area contributed by atoms with E-state index in [1.54, 1.807) is 0 Å². The summed E-state index contributed by atoms with van der Waals surface area (Å²) in [5, 5.41) is 43.8. The number of aliphatic hydroxyl groups excluding tert-OH is 4. The molecule has 0 bridgehead atoms. The molecule has 0 spiro atoms. The highest BCUT2D eigenvalue weighted by Crippen LogP contribution is 2.16. The number of nitrogens with one attached hydrogen (secondary N) is 1. The highest BCUT2D eigenvalue weighted by atomic mass is 16.3. The maximum absolute atomic E-state index is 12.6. The summed E-state index contributed by atoms with van der Waals surface area (Å²) in [6.07, 6.45) is 60.2. The first kappa shape index (κ1) is 58.3. The SMILES string of the molecule is CCCCCCCCC/C=C/CC/C=C/CC/C=C/CCCC(O)C(O)C(CO)NC(=O)C(O)CCCCCCCCCC/C=C\CCCCCCCCCCCCCC. The highest BCUT2D eigenvalue weighted by molar-refractivity contribution is 5.80. The van der Waals surface area contributed by atoms with Crippen molar-refractivity contribution in [2.75, 3.05) is 6.61 Å². The Balaban J connectivity index is 3.75. The van der Waals surface area contributed by atoms with Crippen LogP contribution in [-0.2, 0) is 4.79 Å². The number of hydrogen-bond donors (Lipinski definition) is 5. The maximum Gasteiger partial charge on any atom is 0.249 e. The van der Waals surface area contributed by atoms with Gasteiger partial charge in [-0.05, 0) is 89.9 Å². The highest BCUT2D eigenvalue weighted by Gasteiger charge is 2.28. The van der Waals surface area contributed by atoms with Gasteiger partial charge in [-0.15, -0.1) is 0 Å². The molecule has 60 heavy (non-hydrogen) atoms. The third-order valence-electron chi connectivity index (χ3n) is 12.0. The summed E-state index contributed by atoms with van der Waals surface area (Å²) in [6, 6.07) is -1.01. The molecule has 0 aliphatic rings. The van der Waals surface area contributed by atoms with Gasteiger partial charge in [0.15, 0.2) is 0 Å². The second-order valence-electron chi connectivity index (χ2n) is 17.8. The molecule has 6 nitrogen and oxygen atoms in total. The van der Waals surface area contributed by atoms with Crippen LogP contribution in [0.3, 0.4) is 0 Å². The number of rotatable bonds is 47. The average molecular weight is 844 g/mol. The Morgan fingerprint density at radius 1 is 0.400 bits per heavy atom. The summed E-state index contributed by atoms with van der Waals surface area (Å²) >= 11 is 0. The van der Waals surface area contributed by atoms with Crippen LogP contribution in [0.1, 0.15) is 258 Å². The van der Waals surface area contributed by atoms with Crippen LogP contribution in [-0.4, -0.2) is 57.3 Å². The smallest absolute Gasteiger partial charge is 0.249 e. The van der Waals surface area contributed by atoms with Crippen LogP contribution in [0.25, 0.3) is 0 Å². The van der Waals surface area contributed by atoms with Gasteiger partial charge in [0.2, 0.25) is 5.91 Å². The van der Waals surface area contributed by atoms with E-state index in [2.05, 4.69) is 67.8 Å². The molecule has 0 aliphatic heterocycles. The van der Waals surface area contributed by atoms with Gasteiger partial charge in [0, 0.05) is 0 Å². The number of carbonyl (C=O) groups excluding carboxylic acids is 1. The van der Waals surface area contributed by atoms with Crippen molar-refractivity contribution in [2.24, 2.45) is 0 Å². The van der Waals surface area contributed by atoms with Crippen molar-refractivity contribution >= 4 is 5.91 Å². The Labute approximate surface area is 372 Å². The Morgan fingerprint density at radius 3 is 1.05 bits per heavy atom. The number of hydrogen-bond acceptors (Lipinski definition) is 5. The third-order valence-corrected chi connectivity index (χ3v) is 12.0. The van der Waals surface area contributed by atoms with Gasteiger partial charge in [0.05, 0.1) is 18.8 Å². The van der Waals surface area contributed by atoms with E-state index in [9.17, 15) is 25.2 Å². The molecule has 0 saturated heterocycles. The Morgan fingerprint density at radius 2 is 0.700 bits per heavy atom. The fraction of sp³-hybridized carbons (Fsp3) is 0.833. The maximum atomic E-state index is 12.6. The first-order chi connectivity index (χ1) is 29.5. The van der Waals surface area contributed by atoms with Crippen LogP contribution < -0.4 is 5.32 Å². The van der Waals surface area contributed by atoms with E-state index in [-0.39, 0.29) is 0 Å². The lowest BCUT2D eigenvalue weighted by molar-refractivity contribution is -0.132. The number of amides is 1. The van der Waals surface area contributed by atoms with Gasteiger partial charge in [-0.3, -0.25) is 4.79 Å². The minimum atomic E-state index is -1.30. The molecule has 0 aromatic heterocycles. The molecular formula is C54H101NO5. The minimum absolute atomic E-state index is 0.354. The fourth-order valence-corrected chi connectivity index (χ4v) is 7.84. The van der Waals surface area contributed by atoms with Crippen LogP contribution in [0.2, 0.25) is 0 Å². The van der Waals surface area contributed by atoms with E-state index in [0.29, 0.717) is 19.3 Å². The summed E-state index contributed by atoms with van der Waals surface area (Å²) < 4.78 is 0. The van der Waals surface area contributed by atoms with Gasteiger partial charge < -0.3 is 25.7 Å². The molecule has 0 fully saturated rings. The summed E-state index contributed by atoms with van der Waals surface area (Å²) in [6.45, 7) is 4.05. The molecule has 4 unspecified atom stereocenters. The average Bonchev–Trinajstić information content (AvgIpc) is 3.25. The van der Waals surface area contributed by atoms with E-state index < -0.39 is 36.9 Å². The topological polar surface area (TPSA) is 110 Å². The number of unbranched alkanes of at least 4 members (excludes halogenated alkanes) is 30. The Bertz CT molecular complexity index is 993. The zero-order valence-electron chi connectivity index (χ0n) is 39.7. The van der Waals surface area contributed by atoms with Crippen molar-refractivity contribution in [3.8, 4) is 0 Å². The number of carbonyl (C=O) groups is 1. The lowest BCUT2D eigenvalue weighted by Gasteiger charge is -2.27.